The Morgan fingerprint density at radius 1 is 1.25 bits per heavy atom. The first kappa shape index (κ1) is 18.2. The van der Waals surface area contributed by atoms with Gasteiger partial charge in [0.25, 0.3) is 5.91 Å². The van der Waals surface area contributed by atoms with Crippen molar-refractivity contribution in [2.24, 2.45) is 0 Å². The minimum Gasteiger partial charge on any atom is -0.496 e. The van der Waals surface area contributed by atoms with Crippen molar-refractivity contribution in [1.29, 1.82) is 0 Å². The van der Waals surface area contributed by atoms with Crippen LogP contribution in [0.1, 0.15) is 22.8 Å². The molecule has 3 aromatic heterocycles. The number of rotatable bonds is 6. The molecule has 0 saturated carbocycles. The molecule has 0 bridgehead atoms. The number of carbonyl (C=O) groups is 1. The van der Waals surface area contributed by atoms with Gasteiger partial charge in [0.1, 0.15) is 5.75 Å². The number of aromatic nitrogens is 3. The smallest absolute Gasteiger partial charge is 0.252 e. The maximum Gasteiger partial charge on any atom is 0.252 e. The molecule has 0 spiro atoms. The molecule has 0 aliphatic rings. The number of hydrogen-bond donors (Lipinski definition) is 1. The monoisotopic (exact) mass is 392 g/mol. The van der Waals surface area contributed by atoms with Crippen molar-refractivity contribution in [3.05, 3.63) is 65.2 Å². The van der Waals surface area contributed by atoms with E-state index in [4.69, 9.17) is 9.72 Å². The molecule has 0 radical (unpaired) electrons. The Labute approximate surface area is 166 Å². The number of hydrogen-bond acceptors (Lipinski definition) is 5. The second-order valence-electron chi connectivity index (χ2n) is 6.22. The molecule has 0 saturated heterocycles. The summed E-state index contributed by atoms with van der Waals surface area (Å²) in [5, 5.41) is 10.1. The van der Waals surface area contributed by atoms with Gasteiger partial charge in [-0.3, -0.25) is 4.79 Å². The lowest BCUT2D eigenvalue weighted by atomic mass is 10.1. The van der Waals surface area contributed by atoms with E-state index in [1.165, 1.54) is 0 Å². The van der Waals surface area contributed by atoms with E-state index in [9.17, 15) is 4.79 Å². The summed E-state index contributed by atoms with van der Waals surface area (Å²) in [4.78, 5) is 18.8. The fourth-order valence-corrected chi connectivity index (χ4v) is 3.82. The number of amides is 1. The first-order valence-corrected chi connectivity index (χ1v) is 9.89. The first-order chi connectivity index (χ1) is 13.7. The number of nitrogens with one attached hydrogen (secondary N) is 1. The van der Waals surface area contributed by atoms with Crippen molar-refractivity contribution in [3.63, 3.8) is 0 Å². The highest BCUT2D eigenvalue weighted by Crippen LogP contribution is 2.28. The highest BCUT2D eigenvalue weighted by atomic mass is 32.1. The lowest BCUT2D eigenvalue weighted by Crippen LogP contribution is -2.23. The summed E-state index contributed by atoms with van der Waals surface area (Å²) < 4.78 is 7.18. The highest BCUT2D eigenvalue weighted by Gasteiger charge is 2.18. The summed E-state index contributed by atoms with van der Waals surface area (Å²) >= 11 is 1.60. The zero-order valence-electron chi connectivity index (χ0n) is 15.7. The van der Waals surface area contributed by atoms with Crippen LogP contribution in [0.4, 0.5) is 0 Å². The van der Waals surface area contributed by atoms with Crippen LogP contribution < -0.4 is 10.1 Å². The zero-order valence-corrected chi connectivity index (χ0v) is 16.5. The quantitative estimate of drug-likeness (QED) is 0.536. The molecule has 0 atom stereocenters. The van der Waals surface area contributed by atoms with Gasteiger partial charge in [0.05, 0.1) is 34.8 Å². The molecule has 0 fully saturated rings. The lowest BCUT2D eigenvalue weighted by molar-refractivity contribution is 0.0952. The standard InChI is InChI=1S/C21H20N4O2S/c1-3-25-20-16(13-23-25)15(11-17(24-20)19-9-6-10-28-19)21(26)22-12-14-7-4-5-8-18(14)27-2/h4-11,13H,3,12H2,1-2H3,(H,22,26). The predicted molar refractivity (Wildman–Crippen MR) is 111 cm³/mol. The third-order valence-electron chi connectivity index (χ3n) is 4.56. The molecule has 142 valence electrons. The van der Waals surface area contributed by atoms with Crippen molar-refractivity contribution in [1.82, 2.24) is 20.1 Å². The summed E-state index contributed by atoms with van der Waals surface area (Å²) in [6.45, 7) is 3.07. The van der Waals surface area contributed by atoms with Crippen LogP contribution in [0.3, 0.4) is 0 Å². The van der Waals surface area contributed by atoms with Crippen LogP contribution >= 0.6 is 11.3 Å². The minimum absolute atomic E-state index is 0.160. The third kappa shape index (κ3) is 3.36. The van der Waals surface area contributed by atoms with E-state index >= 15 is 0 Å². The number of benzene rings is 1. The summed E-state index contributed by atoms with van der Waals surface area (Å²) in [6, 6.07) is 13.5. The maximum absolute atomic E-state index is 13.0. The van der Waals surface area contributed by atoms with E-state index in [0.29, 0.717) is 18.7 Å². The molecule has 1 aromatic carbocycles. The van der Waals surface area contributed by atoms with Crippen molar-refractivity contribution in [2.45, 2.75) is 20.0 Å². The lowest BCUT2D eigenvalue weighted by Gasteiger charge is -2.11. The normalized spacial score (nSPS) is 10.9. The largest absolute Gasteiger partial charge is 0.496 e. The van der Waals surface area contributed by atoms with E-state index in [0.717, 1.165) is 32.9 Å². The second kappa shape index (κ2) is 7.82. The minimum atomic E-state index is -0.160. The van der Waals surface area contributed by atoms with Crippen LogP contribution in [0, 0.1) is 0 Å². The fourth-order valence-electron chi connectivity index (χ4n) is 3.14. The third-order valence-corrected chi connectivity index (χ3v) is 5.45. The van der Waals surface area contributed by atoms with E-state index in [1.54, 1.807) is 24.6 Å². The van der Waals surface area contributed by atoms with E-state index in [-0.39, 0.29) is 5.91 Å². The maximum atomic E-state index is 13.0. The Morgan fingerprint density at radius 2 is 2.11 bits per heavy atom. The topological polar surface area (TPSA) is 69.0 Å². The van der Waals surface area contributed by atoms with Crippen molar-refractivity contribution < 1.29 is 9.53 Å². The van der Waals surface area contributed by atoms with Gasteiger partial charge in [-0.1, -0.05) is 24.3 Å². The van der Waals surface area contributed by atoms with Crippen molar-refractivity contribution in [2.75, 3.05) is 7.11 Å². The van der Waals surface area contributed by atoms with Crippen LogP contribution in [-0.2, 0) is 13.1 Å². The summed E-state index contributed by atoms with van der Waals surface area (Å²) in [5.41, 5.74) is 2.99. The number of ether oxygens (including phenoxy) is 1. The number of carbonyl (C=O) groups excluding carboxylic acids is 1. The molecule has 0 aliphatic carbocycles. The number of para-hydroxylation sites is 1. The molecule has 28 heavy (non-hydrogen) atoms. The van der Waals surface area contributed by atoms with Gasteiger partial charge in [-0.25, -0.2) is 9.67 Å². The van der Waals surface area contributed by atoms with Crippen LogP contribution in [0.2, 0.25) is 0 Å². The number of aryl methyl sites for hydroxylation is 1. The molecular formula is C21H20N4O2S. The van der Waals surface area contributed by atoms with Gasteiger partial charge in [0, 0.05) is 18.7 Å². The Bertz CT molecular complexity index is 1120. The van der Waals surface area contributed by atoms with Gasteiger partial charge in [-0.2, -0.15) is 5.10 Å². The summed E-state index contributed by atoms with van der Waals surface area (Å²) in [7, 11) is 1.62. The molecule has 6 nitrogen and oxygen atoms in total. The van der Waals surface area contributed by atoms with E-state index < -0.39 is 0 Å². The van der Waals surface area contributed by atoms with Crippen molar-refractivity contribution >= 4 is 28.3 Å². The zero-order chi connectivity index (χ0) is 19.5. The summed E-state index contributed by atoms with van der Waals surface area (Å²) in [6.07, 6.45) is 1.71. The Morgan fingerprint density at radius 3 is 2.86 bits per heavy atom. The van der Waals surface area contributed by atoms with E-state index in [2.05, 4.69) is 10.4 Å². The van der Waals surface area contributed by atoms with Gasteiger partial charge in [-0.05, 0) is 30.5 Å². The molecule has 7 heteroatoms. The first-order valence-electron chi connectivity index (χ1n) is 9.01. The molecular weight excluding hydrogens is 372 g/mol. The van der Waals surface area contributed by atoms with Gasteiger partial charge in [-0.15, -0.1) is 11.3 Å². The van der Waals surface area contributed by atoms with Crippen LogP contribution in [0.25, 0.3) is 21.6 Å². The number of thiophene rings is 1. The molecule has 1 amide bonds. The van der Waals surface area contributed by atoms with E-state index in [1.807, 2.05) is 59.5 Å². The fraction of sp³-hybridized carbons (Fsp3) is 0.190. The van der Waals surface area contributed by atoms with Gasteiger partial charge < -0.3 is 10.1 Å². The number of pyridine rings is 1. The molecule has 1 N–H and O–H groups in total. The van der Waals surface area contributed by atoms with Crippen LogP contribution in [-0.4, -0.2) is 27.8 Å². The molecule has 3 heterocycles. The summed E-state index contributed by atoms with van der Waals surface area (Å²) in [5.74, 6) is 0.590. The molecule has 0 unspecified atom stereocenters. The molecule has 0 aliphatic heterocycles. The Kier molecular flexibility index (Phi) is 5.08. The van der Waals surface area contributed by atoms with Crippen LogP contribution in [0.5, 0.6) is 5.75 Å². The second-order valence-corrected chi connectivity index (χ2v) is 7.17. The predicted octanol–water partition coefficient (Wildman–Crippen LogP) is 4.12. The van der Waals surface area contributed by atoms with Crippen LogP contribution in [0.15, 0.2) is 54.0 Å². The highest BCUT2D eigenvalue weighted by molar-refractivity contribution is 7.13. The Balaban J connectivity index is 1.70. The average molecular weight is 392 g/mol. The SMILES string of the molecule is CCn1ncc2c(C(=O)NCc3ccccc3OC)cc(-c3cccs3)nc21. The molecule has 4 rings (SSSR count). The average Bonchev–Trinajstić information content (AvgIpc) is 3.41. The Hall–Kier alpha value is -3.19. The number of methoxy groups -OCH3 is 1. The molecule has 4 aromatic rings. The van der Waals surface area contributed by atoms with Crippen molar-refractivity contribution in [3.8, 4) is 16.3 Å². The van der Waals surface area contributed by atoms with Gasteiger partial charge in [0.2, 0.25) is 0 Å². The number of nitrogens with zero attached hydrogens (tertiary/aromatic N) is 3. The van der Waals surface area contributed by atoms with Gasteiger partial charge in [0.15, 0.2) is 5.65 Å². The number of fused-ring (bicyclic) bond motifs is 1. The van der Waals surface area contributed by atoms with Gasteiger partial charge >= 0.3 is 0 Å².